The van der Waals surface area contributed by atoms with Gasteiger partial charge in [0, 0.05) is 6.42 Å². The molecule has 0 aliphatic heterocycles. The molecule has 1 aliphatic rings. The quantitative estimate of drug-likeness (QED) is 0.527. The summed E-state index contributed by atoms with van der Waals surface area (Å²) in [5.74, 6) is 1.23. The highest BCUT2D eigenvalue weighted by molar-refractivity contribution is 5.69. The highest BCUT2D eigenvalue weighted by atomic mass is 16.5. The van der Waals surface area contributed by atoms with E-state index in [0.29, 0.717) is 18.3 Å². The molecule has 0 aromatic rings. The van der Waals surface area contributed by atoms with Crippen molar-refractivity contribution in [3.05, 3.63) is 11.6 Å². The molecule has 2 heteroatoms. The standard InChI is InChI=1S/C13H22O2/c1-5-13(14)15-12-8-11(9(2)3)7-6-10(12)4/h6,9,11-12H,5,7-8H2,1-4H3. The van der Waals surface area contributed by atoms with Crippen molar-refractivity contribution in [2.24, 2.45) is 11.8 Å². The van der Waals surface area contributed by atoms with Crippen LogP contribution in [0.1, 0.15) is 47.0 Å². The molecule has 0 fully saturated rings. The number of allylic oxidation sites excluding steroid dienone is 1. The number of rotatable bonds is 3. The van der Waals surface area contributed by atoms with Gasteiger partial charge in [-0.15, -0.1) is 0 Å². The summed E-state index contributed by atoms with van der Waals surface area (Å²) in [6.45, 7) is 8.37. The van der Waals surface area contributed by atoms with Gasteiger partial charge in [0.05, 0.1) is 0 Å². The summed E-state index contributed by atoms with van der Waals surface area (Å²) in [6, 6.07) is 0. The van der Waals surface area contributed by atoms with Crippen molar-refractivity contribution in [3.8, 4) is 0 Å². The summed E-state index contributed by atoms with van der Waals surface area (Å²) in [4.78, 5) is 11.3. The molecule has 0 amide bonds. The van der Waals surface area contributed by atoms with E-state index in [-0.39, 0.29) is 12.1 Å². The third-order valence-electron chi connectivity index (χ3n) is 3.27. The average molecular weight is 210 g/mol. The molecule has 0 heterocycles. The molecular formula is C13H22O2. The van der Waals surface area contributed by atoms with E-state index in [1.807, 2.05) is 6.92 Å². The minimum atomic E-state index is -0.0860. The summed E-state index contributed by atoms with van der Waals surface area (Å²) in [5.41, 5.74) is 1.22. The van der Waals surface area contributed by atoms with E-state index in [2.05, 4.69) is 26.8 Å². The number of ether oxygens (including phenoxy) is 1. The van der Waals surface area contributed by atoms with Crippen LogP contribution >= 0.6 is 0 Å². The second-order valence-corrected chi connectivity index (χ2v) is 4.76. The van der Waals surface area contributed by atoms with Gasteiger partial charge in [0.25, 0.3) is 0 Å². The first-order valence-electron chi connectivity index (χ1n) is 5.90. The topological polar surface area (TPSA) is 26.3 Å². The van der Waals surface area contributed by atoms with Gasteiger partial charge < -0.3 is 4.74 Å². The van der Waals surface area contributed by atoms with Crippen LogP contribution in [-0.4, -0.2) is 12.1 Å². The maximum atomic E-state index is 11.3. The Labute approximate surface area is 92.7 Å². The first-order valence-corrected chi connectivity index (χ1v) is 5.90. The lowest BCUT2D eigenvalue weighted by atomic mass is 9.81. The van der Waals surface area contributed by atoms with Gasteiger partial charge in [-0.25, -0.2) is 0 Å². The van der Waals surface area contributed by atoms with Crippen LogP contribution in [0.3, 0.4) is 0 Å². The van der Waals surface area contributed by atoms with E-state index in [1.54, 1.807) is 0 Å². The molecule has 1 rings (SSSR count). The van der Waals surface area contributed by atoms with Crippen LogP contribution in [-0.2, 0) is 9.53 Å². The third kappa shape index (κ3) is 3.37. The molecule has 2 unspecified atom stereocenters. The molecule has 0 aromatic carbocycles. The predicted octanol–water partition coefficient (Wildman–Crippen LogP) is 3.32. The van der Waals surface area contributed by atoms with Crippen LogP contribution < -0.4 is 0 Å². The van der Waals surface area contributed by atoms with Gasteiger partial charge in [-0.05, 0) is 37.2 Å². The minimum Gasteiger partial charge on any atom is -0.458 e. The maximum Gasteiger partial charge on any atom is 0.306 e. The monoisotopic (exact) mass is 210 g/mol. The number of hydrogen-bond acceptors (Lipinski definition) is 2. The van der Waals surface area contributed by atoms with E-state index in [0.717, 1.165) is 12.8 Å². The fraction of sp³-hybridized carbons (Fsp3) is 0.769. The molecule has 0 spiro atoms. The fourth-order valence-corrected chi connectivity index (χ4v) is 1.95. The molecule has 2 nitrogen and oxygen atoms in total. The van der Waals surface area contributed by atoms with Gasteiger partial charge in [-0.3, -0.25) is 4.79 Å². The Balaban J connectivity index is 2.59. The minimum absolute atomic E-state index is 0.0265. The summed E-state index contributed by atoms with van der Waals surface area (Å²) >= 11 is 0. The number of esters is 1. The molecule has 0 saturated carbocycles. The van der Waals surface area contributed by atoms with Crippen LogP contribution in [0.25, 0.3) is 0 Å². The van der Waals surface area contributed by atoms with Crippen molar-refractivity contribution in [1.29, 1.82) is 0 Å². The van der Waals surface area contributed by atoms with Crippen LogP contribution in [0.4, 0.5) is 0 Å². The summed E-state index contributed by atoms with van der Waals surface area (Å²) in [6.07, 6.45) is 4.84. The lowest BCUT2D eigenvalue weighted by molar-refractivity contribution is -0.148. The molecule has 0 N–H and O–H groups in total. The van der Waals surface area contributed by atoms with Crippen molar-refractivity contribution in [3.63, 3.8) is 0 Å². The Hall–Kier alpha value is -0.790. The van der Waals surface area contributed by atoms with Crippen LogP contribution in [0.5, 0.6) is 0 Å². The molecular weight excluding hydrogens is 188 g/mol. The third-order valence-corrected chi connectivity index (χ3v) is 3.27. The zero-order valence-electron chi connectivity index (χ0n) is 10.2. The summed E-state index contributed by atoms with van der Waals surface area (Å²) < 4.78 is 5.43. The highest BCUT2D eigenvalue weighted by Gasteiger charge is 2.26. The Morgan fingerprint density at radius 1 is 1.60 bits per heavy atom. The predicted molar refractivity (Wildman–Crippen MR) is 61.5 cm³/mol. The smallest absolute Gasteiger partial charge is 0.306 e. The van der Waals surface area contributed by atoms with Crippen molar-refractivity contribution in [2.45, 2.75) is 53.1 Å². The maximum absolute atomic E-state index is 11.3. The SMILES string of the molecule is CCC(=O)OC1CC(C(C)C)CC=C1C. The fourth-order valence-electron chi connectivity index (χ4n) is 1.95. The van der Waals surface area contributed by atoms with E-state index in [1.165, 1.54) is 5.57 Å². The number of carbonyl (C=O) groups excluding carboxylic acids is 1. The molecule has 2 atom stereocenters. The highest BCUT2D eigenvalue weighted by Crippen LogP contribution is 2.31. The van der Waals surface area contributed by atoms with Crippen LogP contribution in [0.15, 0.2) is 11.6 Å². The molecule has 15 heavy (non-hydrogen) atoms. The summed E-state index contributed by atoms with van der Waals surface area (Å²) in [7, 11) is 0. The zero-order valence-corrected chi connectivity index (χ0v) is 10.2. The average Bonchev–Trinajstić information content (AvgIpc) is 2.20. The van der Waals surface area contributed by atoms with Crippen molar-refractivity contribution in [2.75, 3.05) is 0 Å². The Kier molecular flexibility index (Phi) is 4.37. The zero-order chi connectivity index (χ0) is 11.4. The molecule has 0 radical (unpaired) electrons. The van der Waals surface area contributed by atoms with E-state index >= 15 is 0 Å². The molecule has 0 aromatic heterocycles. The van der Waals surface area contributed by atoms with E-state index in [4.69, 9.17) is 4.74 Å². The van der Waals surface area contributed by atoms with Gasteiger partial charge in [0.15, 0.2) is 0 Å². The summed E-state index contributed by atoms with van der Waals surface area (Å²) in [5, 5.41) is 0. The Bertz CT molecular complexity index is 253. The van der Waals surface area contributed by atoms with Crippen molar-refractivity contribution in [1.82, 2.24) is 0 Å². The number of hydrogen-bond donors (Lipinski definition) is 0. The Morgan fingerprint density at radius 2 is 2.27 bits per heavy atom. The molecule has 0 bridgehead atoms. The second kappa shape index (κ2) is 5.34. The molecule has 0 saturated heterocycles. The number of carbonyl (C=O) groups is 1. The van der Waals surface area contributed by atoms with Crippen LogP contribution in [0, 0.1) is 11.8 Å². The first kappa shape index (κ1) is 12.3. The second-order valence-electron chi connectivity index (χ2n) is 4.76. The normalized spacial score (nSPS) is 26.3. The molecule has 86 valence electrons. The first-order chi connectivity index (χ1) is 7.04. The van der Waals surface area contributed by atoms with Crippen molar-refractivity contribution >= 4 is 5.97 Å². The largest absolute Gasteiger partial charge is 0.458 e. The van der Waals surface area contributed by atoms with Crippen molar-refractivity contribution < 1.29 is 9.53 Å². The van der Waals surface area contributed by atoms with Gasteiger partial charge in [0.2, 0.25) is 0 Å². The van der Waals surface area contributed by atoms with Gasteiger partial charge in [0.1, 0.15) is 6.10 Å². The van der Waals surface area contributed by atoms with E-state index < -0.39 is 0 Å². The van der Waals surface area contributed by atoms with Crippen LogP contribution in [0.2, 0.25) is 0 Å². The van der Waals surface area contributed by atoms with Gasteiger partial charge in [-0.2, -0.15) is 0 Å². The lowest BCUT2D eigenvalue weighted by Crippen LogP contribution is -2.27. The molecule has 1 aliphatic carbocycles. The van der Waals surface area contributed by atoms with Gasteiger partial charge in [-0.1, -0.05) is 26.8 Å². The Morgan fingerprint density at radius 3 is 2.80 bits per heavy atom. The van der Waals surface area contributed by atoms with Gasteiger partial charge >= 0.3 is 5.97 Å². The lowest BCUT2D eigenvalue weighted by Gasteiger charge is -2.30. The van der Waals surface area contributed by atoms with E-state index in [9.17, 15) is 4.79 Å².